The number of hydrogen-bond donors (Lipinski definition) is 1. The molecule has 3 atom stereocenters. The lowest BCUT2D eigenvalue weighted by Crippen LogP contribution is -2.44. The van der Waals surface area contributed by atoms with Crippen LogP contribution in [0.4, 0.5) is 0 Å². The lowest BCUT2D eigenvalue weighted by Gasteiger charge is -2.43. The number of aryl methyl sites for hydroxylation is 1. The van der Waals surface area contributed by atoms with E-state index >= 15 is 0 Å². The summed E-state index contributed by atoms with van der Waals surface area (Å²) in [6, 6.07) is 3.22. The fourth-order valence-electron chi connectivity index (χ4n) is 3.62. The Morgan fingerprint density at radius 1 is 1.33 bits per heavy atom. The summed E-state index contributed by atoms with van der Waals surface area (Å²) in [5, 5.41) is 8.47. The number of hydrogen-bond acceptors (Lipinski definition) is 2. The van der Waals surface area contributed by atoms with Crippen molar-refractivity contribution in [3.63, 3.8) is 0 Å². The fraction of sp³-hybridized carbons (Fsp3) is 0.833. The standard InChI is InChI=1S/C18H33N3/c1-6-11-19-16-9-8-15(18(4,5)7-2)13-17(16)21-12-10-14(3)20-21/h10,12,15-17,19H,6-9,11,13H2,1-5H3. The zero-order chi connectivity index (χ0) is 15.5. The topological polar surface area (TPSA) is 29.9 Å². The fourth-order valence-corrected chi connectivity index (χ4v) is 3.62. The van der Waals surface area contributed by atoms with Crippen LogP contribution in [-0.2, 0) is 0 Å². The van der Waals surface area contributed by atoms with E-state index in [9.17, 15) is 0 Å². The minimum absolute atomic E-state index is 0.441. The first-order valence-corrected chi connectivity index (χ1v) is 8.73. The molecule has 0 bridgehead atoms. The van der Waals surface area contributed by atoms with E-state index in [-0.39, 0.29) is 0 Å². The summed E-state index contributed by atoms with van der Waals surface area (Å²) < 4.78 is 2.22. The van der Waals surface area contributed by atoms with Gasteiger partial charge in [0.1, 0.15) is 0 Å². The molecule has 0 spiro atoms. The molecule has 1 fully saturated rings. The maximum absolute atomic E-state index is 4.71. The van der Waals surface area contributed by atoms with Crippen molar-refractivity contribution in [2.24, 2.45) is 11.3 Å². The lowest BCUT2D eigenvalue weighted by atomic mass is 9.67. The van der Waals surface area contributed by atoms with Gasteiger partial charge < -0.3 is 5.32 Å². The third kappa shape index (κ3) is 3.88. The maximum Gasteiger partial charge on any atom is 0.0675 e. The van der Waals surface area contributed by atoms with Crippen LogP contribution in [0.2, 0.25) is 0 Å². The molecule has 2 rings (SSSR count). The summed E-state index contributed by atoms with van der Waals surface area (Å²) in [6.45, 7) is 12.6. The van der Waals surface area contributed by atoms with Crippen molar-refractivity contribution in [2.45, 2.75) is 78.8 Å². The zero-order valence-corrected chi connectivity index (χ0v) is 14.5. The van der Waals surface area contributed by atoms with Crippen molar-refractivity contribution in [1.82, 2.24) is 15.1 Å². The van der Waals surface area contributed by atoms with Gasteiger partial charge in [-0.05, 0) is 56.6 Å². The molecule has 0 aromatic carbocycles. The van der Waals surface area contributed by atoms with Gasteiger partial charge in [-0.15, -0.1) is 0 Å². The van der Waals surface area contributed by atoms with Crippen molar-refractivity contribution in [3.8, 4) is 0 Å². The number of nitrogens with one attached hydrogen (secondary N) is 1. The average molecular weight is 291 g/mol. The van der Waals surface area contributed by atoms with Gasteiger partial charge >= 0.3 is 0 Å². The normalized spacial score (nSPS) is 27.0. The van der Waals surface area contributed by atoms with E-state index in [1.165, 1.54) is 32.1 Å². The van der Waals surface area contributed by atoms with Gasteiger partial charge in [-0.2, -0.15) is 5.10 Å². The van der Waals surface area contributed by atoms with Gasteiger partial charge in [0.2, 0.25) is 0 Å². The summed E-state index contributed by atoms with van der Waals surface area (Å²) in [7, 11) is 0. The predicted octanol–water partition coefficient (Wildman–Crippen LogP) is 4.34. The number of aromatic nitrogens is 2. The summed E-state index contributed by atoms with van der Waals surface area (Å²) in [5.41, 5.74) is 1.57. The van der Waals surface area contributed by atoms with Crippen LogP contribution in [0.3, 0.4) is 0 Å². The van der Waals surface area contributed by atoms with E-state index in [0.29, 0.717) is 17.5 Å². The van der Waals surface area contributed by atoms with E-state index in [4.69, 9.17) is 5.10 Å². The van der Waals surface area contributed by atoms with Crippen molar-refractivity contribution >= 4 is 0 Å². The molecule has 3 unspecified atom stereocenters. The van der Waals surface area contributed by atoms with Gasteiger partial charge in [0.15, 0.2) is 0 Å². The molecular formula is C18H33N3. The lowest BCUT2D eigenvalue weighted by molar-refractivity contribution is 0.0960. The Kier molecular flexibility index (Phi) is 5.48. The van der Waals surface area contributed by atoms with Gasteiger partial charge in [-0.1, -0.05) is 34.1 Å². The summed E-state index contributed by atoms with van der Waals surface area (Å²) in [5.74, 6) is 0.802. The van der Waals surface area contributed by atoms with Gasteiger partial charge in [0.05, 0.1) is 11.7 Å². The first-order valence-electron chi connectivity index (χ1n) is 8.73. The Morgan fingerprint density at radius 2 is 2.10 bits per heavy atom. The van der Waals surface area contributed by atoms with Crippen LogP contribution in [0.5, 0.6) is 0 Å². The quantitative estimate of drug-likeness (QED) is 0.845. The van der Waals surface area contributed by atoms with Crippen molar-refractivity contribution in [1.29, 1.82) is 0 Å². The minimum atomic E-state index is 0.441. The van der Waals surface area contributed by atoms with Crippen LogP contribution in [0.15, 0.2) is 12.3 Å². The highest BCUT2D eigenvalue weighted by Crippen LogP contribution is 2.44. The monoisotopic (exact) mass is 291 g/mol. The highest BCUT2D eigenvalue weighted by atomic mass is 15.3. The highest BCUT2D eigenvalue weighted by Gasteiger charge is 2.38. The molecule has 120 valence electrons. The molecule has 0 saturated heterocycles. The second kappa shape index (κ2) is 6.95. The van der Waals surface area contributed by atoms with Gasteiger partial charge in [-0.3, -0.25) is 4.68 Å². The molecule has 1 aromatic rings. The number of rotatable bonds is 6. The van der Waals surface area contributed by atoms with Crippen LogP contribution in [0, 0.1) is 18.3 Å². The second-order valence-electron chi connectivity index (χ2n) is 7.42. The molecule has 1 aliphatic rings. The third-order valence-corrected chi connectivity index (χ3v) is 5.57. The van der Waals surface area contributed by atoms with Gasteiger partial charge in [-0.25, -0.2) is 0 Å². The molecule has 0 aliphatic heterocycles. The van der Waals surface area contributed by atoms with Crippen LogP contribution >= 0.6 is 0 Å². The first kappa shape index (κ1) is 16.5. The molecule has 1 saturated carbocycles. The van der Waals surface area contributed by atoms with Gasteiger partial charge in [0, 0.05) is 12.2 Å². The molecule has 3 nitrogen and oxygen atoms in total. The van der Waals surface area contributed by atoms with Crippen LogP contribution in [0.1, 0.15) is 71.5 Å². The molecule has 3 heteroatoms. The average Bonchev–Trinajstić information content (AvgIpc) is 2.91. The van der Waals surface area contributed by atoms with Crippen molar-refractivity contribution < 1.29 is 0 Å². The van der Waals surface area contributed by atoms with Gasteiger partial charge in [0.25, 0.3) is 0 Å². The minimum Gasteiger partial charge on any atom is -0.312 e. The largest absolute Gasteiger partial charge is 0.312 e. The molecule has 21 heavy (non-hydrogen) atoms. The Hall–Kier alpha value is -0.830. The molecular weight excluding hydrogens is 258 g/mol. The summed E-state index contributed by atoms with van der Waals surface area (Å²) in [4.78, 5) is 0. The summed E-state index contributed by atoms with van der Waals surface area (Å²) in [6.07, 6.45) is 8.50. The van der Waals surface area contributed by atoms with Crippen LogP contribution < -0.4 is 5.32 Å². The van der Waals surface area contributed by atoms with Crippen molar-refractivity contribution in [3.05, 3.63) is 18.0 Å². The van der Waals surface area contributed by atoms with E-state index < -0.39 is 0 Å². The molecule has 1 N–H and O–H groups in total. The Balaban J connectivity index is 2.15. The highest BCUT2D eigenvalue weighted by molar-refractivity contribution is 5.00. The zero-order valence-electron chi connectivity index (χ0n) is 14.5. The second-order valence-corrected chi connectivity index (χ2v) is 7.42. The van der Waals surface area contributed by atoms with Crippen LogP contribution in [-0.4, -0.2) is 22.4 Å². The third-order valence-electron chi connectivity index (χ3n) is 5.57. The van der Waals surface area contributed by atoms with E-state index in [1.807, 2.05) is 0 Å². The first-order chi connectivity index (χ1) is 9.97. The Bertz CT molecular complexity index is 435. The van der Waals surface area contributed by atoms with Crippen molar-refractivity contribution in [2.75, 3.05) is 6.54 Å². The molecule has 0 amide bonds. The summed E-state index contributed by atoms with van der Waals surface area (Å²) >= 11 is 0. The molecule has 1 heterocycles. The Labute approximate surface area is 130 Å². The predicted molar refractivity (Wildman–Crippen MR) is 89.5 cm³/mol. The molecule has 0 radical (unpaired) electrons. The molecule has 1 aliphatic carbocycles. The Morgan fingerprint density at radius 3 is 2.67 bits per heavy atom. The smallest absolute Gasteiger partial charge is 0.0675 e. The van der Waals surface area contributed by atoms with E-state index in [0.717, 1.165) is 18.2 Å². The van der Waals surface area contributed by atoms with E-state index in [1.54, 1.807) is 0 Å². The number of nitrogens with zero attached hydrogens (tertiary/aromatic N) is 2. The maximum atomic E-state index is 4.71. The van der Waals surface area contributed by atoms with E-state index in [2.05, 4.69) is 56.9 Å². The van der Waals surface area contributed by atoms with Crippen LogP contribution in [0.25, 0.3) is 0 Å². The molecule has 1 aromatic heterocycles. The SMILES string of the molecule is CCCNC1CCC(C(C)(C)CC)CC1n1ccc(C)n1.